The average Bonchev–Trinajstić information content (AvgIpc) is 3.28. The van der Waals surface area contributed by atoms with Gasteiger partial charge in [-0.15, -0.1) is 0 Å². The second-order valence-corrected chi connectivity index (χ2v) is 11.1. The summed E-state index contributed by atoms with van der Waals surface area (Å²) in [4.78, 5) is 3.15. The van der Waals surface area contributed by atoms with Crippen molar-refractivity contribution in [1.29, 1.82) is 0 Å². The van der Waals surface area contributed by atoms with E-state index in [2.05, 4.69) is 121 Å². The summed E-state index contributed by atoms with van der Waals surface area (Å²) in [5.74, 6) is 0. The molecule has 1 aliphatic rings. The number of fused-ring (bicyclic) bond motifs is 1. The van der Waals surface area contributed by atoms with Crippen molar-refractivity contribution in [2.24, 2.45) is 0 Å². The highest BCUT2D eigenvalue weighted by Crippen LogP contribution is 2.41. The highest BCUT2D eigenvalue weighted by Gasteiger charge is 2.27. The molecule has 2 heterocycles. The predicted octanol–water partition coefficient (Wildman–Crippen LogP) is 3.63. The molecule has 39 heavy (non-hydrogen) atoms. The first kappa shape index (κ1) is 25.6. The Labute approximate surface area is 231 Å². The van der Waals surface area contributed by atoms with Gasteiger partial charge in [0.2, 0.25) is 0 Å². The number of nitrogens with zero attached hydrogens (tertiary/aromatic N) is 1. The fourth-order valence-corrected chi connectivity index (χ4v) is 6.28. The molecule has 1 saturated heterocycles. The van der Waals surface area contributed by atoms with E-state index in [-0.39, 0.29) is 0 Å². The topological polar surface area (TPSA) is 34.0 Å². The maximum atomic E-state index is 11.5. The molecule has 4 aromatic carbocycles. The molecule has 4 heteroatoms. The molecule has 5 aromatic rings. The standard InChI is InChI=1S/C35H37N3O/c1-27-17-18-33-32(23-27)34(29-13-7-3-8-14-29)35(30-15-9-4-10-16-30)38(33)26-31(39)25-37-21-19-36(20-22-37)24-28-11-5-2-6-12-28/h2-18,23,31,39H,19-22,24-26H2,1H3/p+2/t31-/m1/s1. The maximum absolute atomic E-state index is 11.5. The summed E-state index contributed by atoms with van der Waals surface area (Å²) in [6.07, 6.45) is -0.418. The van der Waals surface area contributed by atoms with E-state index in [9.17, 15) is 5.11 Å². The molecule has 1 aromatic heterocycles. The third kappa shape index (κ3) is 5.69. The van der Waals surface area contributed by atoms with Crippen LogP contribution in [0.5, 0.6) is 0 Å². The number of nitrogens with one attached hydrogen (secondary N) is 2. The quantitative estimate of drug-likeness (QED) is 0.289. The van der Waals surface area contributed by atoms with Crippen molar-refractivity contribution in [3.8, 4) is 22.4 Å². The average molecular weight is 518 g/mol. The van der Waals surface area contributed by atoms with Gasteiger partial charge in [-0.1, -0.05) is 103 Å². The van der Waals surface area contributed by atoms with Crippen LogP contribution in [-0.2, 0) is 13.1 Å². The molecule has 0 unspecified atom stereocenters. The van der Waals surface area contributed by atoms with Crippen molar-refractivity contribution >= 4 is 10.9 Å². The molecule has 0 saturated carbocycles. The first-order valence-corrected chi connectivity index (χ1v) is 14.3. The molecule has 0 aliphatic carbocycles. The van der Waals surface area contributed by atoms with E-state index in [0.29, 0.717) is 6.54 Å². The van der Waals surface area contributed by atoms with Gasteiger partial charge >= 0.3 is 0 Å². The Bertz CT molecular complexity index is 1500. The Morgan fingerprint density at radius 2 is 1.31 bits per heavy atom. The summed E-state index contributed by atoms with van der Waals surface area (Å²) < 4.78 is 2.37. The van der Waals surface area contributed by atoms with Gasteiger partial charge in [0.15, 0.2) is 0 Å². The molecular formula is C35H39N3O+2. The van der Waals surface area contributed by atoms with Gasteiger partial charge in [0.05, 0.1) is 12.2 Å². The maximum Gasteiger partial charge on any atom is 0.127 e. The lowest BCUT2D eigenvalue weighted by molar-refractivity contribution is -1.02. The largest absolute Gasteiger partial charge is 0.385 e. The lowest BCUT2D eigenvalue weighted by atomic mass is 9.98. The molecule has 0 bridgehead atoms. The summed E-state index contributed by atoms with van der Waals surface area (Å²) in [6, 6.07) is 38.9. The van der Waals surface area contributed by atoms with Crippen LogP contribution in [0.15, 0.2) is 109 Å². The third-order valence-electron chi connectivity index (χ3n) is 8.21. The minimum atomic E-state index is -0.418. The van der Waals surface area contributed by atoms with Crippen molar-refractivity contribution in [1.82, 2.24) is 4.57 Å². The zero-order valence-corrected chi connectivity index (χ0v) is 22.8. The molecule has 6 rings (SSSR count). The van der Waals surface area contributed by atoms with Crippen LogP contribution in [0.2, 0.25) is 0 Å². The predicted molar refractivity (Wildman–Crippen MR) is 160 cm³/mol. The molecule has 4 nitrogen and oxygen atoms in total. The van der Waals surface area contributed by atoms with E-state index in [1.807, 2.05) is 0 Å². The summed E-state index contributed by atoms with van der Waals surface area (Å²) in [5.41, 5.74) is 8.67. The van der Waals surface area contributed by atoms with Gasteiger partial charge in [-0.2, -0.15) is 0 Å². The number of aliphatic hydroxyl groups excluding tert-OH is 1. The zero-order valence-electron chi connectivity index (χ0n) is 22.8. The first-order chi connectivity index (χ1) is 19.2. The summed E-state index contributed by atoms with van der Waals surface area (Å²) >= 11 is 0. The van der Waals surface area contributed by atoms with Crippen LogP contribution in [-0.4, -0.2) is 48.5 Å². The van der Waals surface area contributed by atoms with Crippen LogP contribution in [0, 0.1) is 6.92 Å². The molecule has 0 radical (unpaired) electrons. The number of aromatic nitrogens is 1. The van der Waals surface area contributed by atoms with Gasteiger partial charge < -0.3 is 19.5 Å². The molecule has 1 fully saturated rings. The van der Waals surface area contributed by atoms with Crippen molar-refractivity contribution in [2.45, 2.75) is 26.1 Å². The Balaban J connectivity index is 1.26. The normalized spacial score (nSPS) is 18.3. The summed E-state index contributed by atoms with van der Waals surface area (Å²) in [5, 5.41) is 12.7. The lowest BCUT2D eigenvalue weighted by Gasteiger charge is -2.31. The van der Waals surface area contributed by atoms with Crippen LogP contribution in [0.3, 0.4) is 0 Å². The van der Waals surface area contributed by atoms with Crippen molar-refractivity contribution in [3.05, 3.63) is 120 Å². The second kappa shape index (κ2) is 11.6. The Hall–Kier alpha value is -3.70. The zero-order chi connectivity index (χ0) is 26.6. The van der Waals surface area contributed by atoms with E-state index in [1.54, 1.807) is 4.90 Å². The van der Waals surface area contributed by atoms with Gasteiger partial charge in [0.25, 0.3) is 0 Å². The van der Waals surface area contributed by atoms with Gasteiger partial charge in [-0.3, -0.25) is 0 Å². The summed E-state index contributed by atoms with van der Waals surface area (Å²) in [7, 11) is 0. The van der Waals surface area contributed by atoms with Gasteiger partial charge in [0.1, 0.15) is 45.4 Å². The number of rotatable bonds is 8. The number of aryl methyl sites for hydroxylation is 1. The minimum Gasteiger partial charge on any atom is -0.385 e. The van der Waals surface area contributed by atoms with Crippen LogP contribution in [0.4, 0.5) is 0 Å². The SMILES string of the molecule is Cc1ccc2c(c1)c(-c1ccccc1)c(-c1ccccc1)n2C[C@H](O)C[NH+]1CC[NH+](Cc2ccccc2)CC1. The highest BCUT2D eigenvalue weighted by atomic mass is 16.3. The molecule has 1 atom stereocenters. The number of aliphatic hydroxyl groups is 1. The number of quaternary nitrogens is 2. The third-order valence-corrected chi connectivity index (χ3v) is 8.21. The van der Waals surface area contributed by atoms with E-state index in [4.69, 9.17) is 0 Å². The van der Waals surface area contributed by atoms with E-state index >= 15 is 0 Å². The molecule has 198 valence electrons. The fourth-order valence-electron chi connectivity index (χ4n) is 6.28. The molecule has 3 N–H and O–H groups in total. The molecule has 0 amide bonds. The van der Waals surface area contributed by atoms with Crippen LogP contribution in [0.1, 0.15) is 11.1 Å². The number of hydrogen-bond acceptors (Lipinski definition) is 1. The fraction of sp³-hybridized carbons (Fsp3) is 0.257. The molecule has 0 spiro atoms. The first-order valence-electron chi connectivity index (χ1n) is 14.3. The number of hydrogen-bond donors (Lipinski definition) is 3. The van der Waals surface area contributed by atoms with Crippen LogP contribution >= 0.6 is 0 Å². The second-order valence-electron chi connectivity index (χ2n) is 11.1. The smallest absolute Gasteiger partial charge is 0.127 e. The van der Waals surface area contributed by atoms with Crippen molar-refractivity contribution in [3.63, 3.8) is 0 Å². The molecular weight excluding hydrogens is 478 g/mol. The number of benzene rings is 4. The lowest BCUT2D eigenvalue weighted by Crippen LogP contribution is -3.28. The van der Waals surface area contributed by atoms with Crippen LogP contribution < -0.4 is 9.80 Å². The van der Waals surface area contributed by atoms with Gasteiger partial charge in [0, 0.05) is 22.0 Å². The van der Waals surface area contributed by atoms with Crippen molar-refractivity contribution in [2.75, 3.05) is 32.7 Å². The summed E-state index contributed by atoms with van der Waals surface area (Å²) in [6.45, 7) is 9.11. The van der Waals surface area contributed by atoms with Crippen LogP contribution in [0.25, 0.3) is 33.3 Å². The van der Waals surface area contributed by atoms with E-state index in [1.165, 1.54) is 49.3 Å². The van der Waals surface area contributed by atoms with Gasteiger partial charge in [-0.05, 0) is 30.2 Å². The molecule has 1 aliphatic heterocycles. The van der Waals surface area contributed by atoms with Gasteiger partial charge in [-0.25, -0.2) is 0 Å². The Kier molecular flexibility index (Phi) is 7.60. The Morgan fingerprint density at radius 3 is 1.97 bits per heavy atom. The van der Waals surface area contributed by atoms with Crippen molar-refractivity contribution < 1.29 is 14.9 Å². The monoisotopic (exact) mass is 517 g/mol. The van der Waals surface area contributed by atoms with E-state index in [0.717, 1.165) is 39.3 Å². The minimum absolute atomic E-state index is 0.418. The number of piperazine rings is 1. The Morgan fingerprint density at radius 1 is 0.718 bits per heavy atom. The highest BCUT2D eigenvalue weighted by molar-refractivity contribution is 6.04. The van der Waals surface area contributed by atoms with E-state index < -0.39 is 6.10 Å².